The van der Waals surface area contributed by atoms with E-state index in [1.54, 1.807) is 18.6 Å². The monoisotopic (exact) mass is 401 g/mol. The summed E-state index contributed by atoms with van der Waals surface area (Å²) in [5, 5.41) is 4.01. The molecule has 5 rings (SSSR count). The topological polar surface area (TPSA) is 84.3 Å². The number of hydrogen-bond donors (Lipinski definition) is 2. The van der Waals surface area contributed by atoms with Crippen molar-refractivity contribution in [3.05, 3.63) is 60.6 Å². The molecule has 8 heteroatoms. The van der Waals surface area contributed by atoms with Gasteiger partial charge in [-0.2, -0.15) is 4.98 Å². The first kappa shape index (κ1) is 18.2. The van der Waals surface area contributed by atoms with Crippen molar-refractivity contribution in [2.75, 3.05) is 5.32 Å². The van der Waals surface area contributed by atoms with Crippen LogP contribution in [-0.2, 0) is 0 Å². The third-order valence-corrected chi connectivity index (χ3v) is 5.07. The molecule has 150 valence electrons. The predicted octanol–water partition coefficient (Wildman–Crippen LogP) is 5.14. The lowest BCUT2D eigenvalue weighted by molar-refractivity contribution is 0.600. The first-order chi connectivity index (χ1) is 14.5. The van der Waals surface area contributed by atoms with E-state index in [-0.39, 0.29) is 11.9 Å². The summed E-state index contributed by atoms with van der Waals surface area (Å²) in [7, 11) is 0. The van der Waals surface area contributed by atoms with Crippen molar-refractivity contribution in [2.24, 2.45) is 0 Å². The third-order valence-electron chi connectivity index (χ3n) is 5.07. The van der Waals surface area contributed by atoms with Gasteiger partial charge in [-0.05, 0) is 51.1 Å². The third kappa shape index (κ3) is 2.97. The number of benzene rings is 1. The van der Waals surface area contributed by atoms with Gasteiger partial charge in [-0.1, -0.05) is 0 Å². The van der Waals surface area contributed by atoms with Crippen LogP contribution in [0.3, 0.4) is 0 Å². The number of halogens is 1. The van der Waals surface area contributed by atoms with Crippen LogP contribution >= 0.6 is 0 Å². The molecule has 2 N–H and O–H groups in total. The Labute approximate surface area is 172 Å². The molecule has 0 fully saturated rings. The van der Waals surface area contributed by atoms with Gasteiger partial charge in [-0.3, -0.25) is 4.98 Å². The van der Waals surface area contributed by atoms with Crippen molar-refractivity contribution in [2.45, 2.75) is 26.8 Å². The van der Waals surface area contributed by atoms with Crippen LogP contribution in [0.4, 0.5) is 16.0 Å². The van der Waals surface area contributed by atoms with Gasteiger partial charge in [0.25, 0.3) is 0 Å². The molecule has 4 heterocycles. The summed E-state index contributed by atoms with van der Waals surface area (Å²) in [5.41, 5.74) is 3.94. The highest BCUT2D eigenvalue weighted by molar-refractivity contribution is 5.94. The van der Waals surface area contributed by atoms with Crippen molar-refractivity contribution in [1.29, 1.82) is 0 Å². The molecule has 0 atom stereocenters. The maximum absolute atomic E-state index is 15.0. The summed E-state index contributed by atoms with van der Waals surface area (Å²) in [6, 6.07) is 9.16. The predicted molar refractivity (Wildman–Crippen MR) is 115 cm³/mol. The Hall–Kier alpha value is -3.81. The maximum Gasteiger partial charge on any atom is 0.229 e. The highest BCUT2D eigenvalue weighted by Crippen LogP contribution is 2.32. The van der Waals surface area contributed by atoms with Crippen LogP contribution in [0.5, 0.6) is 0 Å². The molecule has 4 aromatic heterocycles. The number of fused-ring (bicyclic) bond motifs is 2. The number of rotatable bonds is 4. The number of aromatic nitrogens is 6. The maximum atomic E-state index is 15.0. The molecule has 0 aliphatic heterocycles. The van der Waals surface area contributed by atoms with E-state index in [4.69, 9.17) is 4.98 Å². The van der Waals surface area contributed by atoms with Gasteiger partial charge in [0.1, 0.15) is 17.0 Å². The lowest BCUT2D eigenvalue weighted by Gasteiger charge is -2.12. The number of aromatic amines is 1. The highest BCUT2D eigenvalue weighted by Gasteiger charge is 2.18. The fraction of sp³-hybridized carbons (Fsp3) is 0.182. The van der Waals surface area contributed by atoms with E-state index in [9.17, 15) is 0 Å². The van der Waals surface area contributed by atoms with Crippen molar-refractivity contribution >= 4 is 33.7 Å². The fourth-order valence-electron chi connectivity index (χ4n) is 3.84. The number of H-pyrrole nitrogens is 1. The molecule has 0 saturated heterocycles. The molecule has 0 bridgehead atoms. The molecule has 5 aromatic rings. The van der Waals surface area contributed by atoms with Gasteiger partial charge in [0.05, 0.1) is 11.2 Å². The molecular formula is C22H20FN7. The molecule has 1 aromatic carbocycles. The second kappa shape index (κ2) is 6.91. The lowest BCUT2D eigenvalue weighted by Crippen LogP contribution is -2.03. The van der Waals surface area contributed by atoms with E-state index in [1.807, 2.05) is 35.8 Å². The second-order valence-electron chi connectivity index (χ2n) is 7.45. The standard InChI is InChI=1S/C22H20FN7/c1-12(2)30-13(3)26-20-17(23)10-14(11-18(20)30)19-16-6-9-25-21(16)29-22(28-19)27-15-4-7-24-8-5-15/h4-12H,1-3H3,(H2,24,25,27,28,29). The summed E-state index contributed by atoms with van der Waals surface area (Å²) in [4.78, 5) is 20.8. The minimum atomic E-state index is -0.365. The number of anilines is 2. The first-order valence-corrected chi connectivity index (χ1v) is 9.72. The van der Waals surface area contributed by atoms with Crippen LogP contribution < -0.4 is 5.32 Å². The molecule has 0 radical (unpaired) electrons. The number of hydrogen-bond acceptors (Lipinski definition) is 5. The lowest BCUT2D eigenvalue weighted by atomic mass is 10.1. The summed E-state index contributed by atoms with van der Waals surface area (Å²) in [5.74, 6) is 0.835. The Balaban J connectivity index is 1.71. The Kier molecular flexibility index (Phi) is 4.20. The largest absolute Gasteiger partial charge is 0.346 e. The molecule has 0 aliphatic carbocycles. The first-order valence-electron chi connectivity index (χ1n) is 9.72. The number of nitrogens with zero attached hydrogens (tertiary/aromatic N) is 5. The molecular weight excluding hydrogens is 381 g/mol. The molecule has 0 unspecified atom stereocenters. The van der Waals surface area contributed by atoms with E-state index < -0.39 is 0 Å². The van der Waals surface area contributed by atoms with Gasteiger partial charge in [-0.25, -0.2) is 14.4 Å². The molecule has 0 saturated carbocycles. The van der Waals surface area contributed by atoms with E-state index in [0.29, 0.717) is 28.4 Å². The van der Waals surface area contributed by atoms with Crippen LogP contribution in [-0.4, -0.2) is 29.5 Å². The Morgan fingerprint density at radius 2 is 1.87 bits per heavy atom. The molecule has 7 nitrogen and oxygen atoms in total. The van der Waals surface area contributed by atoms with Gasteiger partial charge in [0, 0.05) is 41.3 Å². The van der Waals surface area contributed by atoms with Gasteiger partial charge in [0.2, 0.25) is 5.95 Å². The van der Waals surface area contributed by atoms with Gasteiger partial charge in [-0.15, -0.1) is 0 Å². The van der Waals surface area contributed by atoms with Gasteiger partial charge in [0.15, 0.2) is 5.82 Å². The van der Waals surface area contributed by atoms with Crippen molar-refractivity contribution < 1.29 is 4.39 Å². The van der Waals surface area contributed by atoms with Crippen molar-refractivity contribution in [1.82, 2.24) is 29.5 Å². The van der Waals surface area contributed by atoms with Crippen LogP contribution in [0.1, 0.15) is 25.7 Å². The van der Waals surface area contributed by atoms with E-state index >= 15 is 4.39 Å². The average Bonchev–Trinajstić information content (AvgIpc) is 3.32. The van der Waals surface area contributed by atoms with Crippen molar-refractivity contribution in [3.8, 4) is 11.3 Å². The average molecular weight is 401 g/mol. The van der Waals surface area contributed by atoms with E-state index in [2.05, 4.69) is 39.1 Å². The number of aryl methyl sites for hydroxylation is 1. The second-order valence-corrected chi connectivity index (χ2v) is 7.45. The van der Waals surface area contributed by atoms with Gasteiger partial charge < -0.3 is 14.9 Å². The SMILES string of the molecule is Cc1nc2c(F)cc(-c3nc(Nc4ccncc4)nc4[nH]ccc34)cc2n1C(C)C. The highest BCUT2D eigenvalue weighted by atomic mass is 19.1. The van der Waals surface area contributed by atoms with E-state index in [1.165, 1.54) is 6.07 Å². The summed E-state index contributed by atoms with van der Waals surface area (Å²) >= 11 is 0. The quantitative estimate of drug-likeness (QED) is 0.435. The zero-order valence-electron chi connectivity index (χ0n) is 16.8. The number of pyridine rings is 1. The zero-order valence-corrected chi connectivity index (χ0v) is 16.8. The fourth-order valence-corrected chi connectivity index (χ4v) is 3.84. The molecule has 0 spiro atoms. The minimum Gasteiger partial charge on any atom is -0.346 e. The van der Waals surface area contributed by atoms with Crippen molar-refractivity contribution in [3.63, 3.8) is 0 Å². The van der Waals surface area contributed by atoms with Gasteiger partial charge >= 0.3 is 0 Å². The Bertz CT molecular complexity index is 1370. The Morgan fingerprint density at radius 3 is 2.63 bits per heavy atom. The Morgan fingerprint density at radius 1 is 1.07 bits per heavy atom. The molecule has 30 heavy (non-hydrogen) atoms. The zero-order chi connectivity index (χ0) is 20.8. The number of imidazole rings is 1. The van der Waals surface area contributed by atoms with Crippen LogP contribution in [0, 0.1) is 12.7 Å². The van der Waals surface area contributed by atoms with Crippen LogP contribution in [0.2, 0.25) is 0 Å². The minimum absolute atomic E-state index is 0.159. The number of nitrogens with one attached hydrogen (secondary N) is 2. The van der Waals surface area contributed by atoms with Crippen LogP contribution in [0.15, 0.2) is 48.9 Å². The smallest absolute Gasteiger partial charge is 0.229 e. The summed E-state index contributed by atoms with van der Waals surface area (Å²) in [6.07, 6.45) is 5.18. The summed E-state index contributed by atoms with van der Waals surface area (Å²) in [6.45, 7) is 6.01. The molecule has 0 aliphatic rings. The van der Waals surface area contributed by atoms with Crippen LogP contribution in [0.25, 0.3) is 33.3 Å². The van der Waals surface area contributed by atoms with E-state index in [0.717, 1.165) is 22.4 Å². The normalized spacial score (nSPS) is 11.6. The summed E-state index contributed by atoms with van der Waals surface area (Å²) < 4.78 is 17.0. The molecule has 0 amide bonds.